The number of benzene rings is 1. The Morgan fingerprint density at radius 2 is 2.05 bits per heavy atom. The molecule has 1 N–H and O–H groups in total. The van der Waals surface area contributed by atoms with E-state index in [2.05, 4.69) is 0 Å². The predicted molar refractivity (Wildman–Crippen MR) is 74.2 cm³/mol. The summed E-state index contributed by atoms with van der Waals surface area (Å²) in [5.74, 6) is -1.09. The Bertz CT molecular complexity index is 687. The van der Waals surface area contributed by atoms with Gasteiger partial charge in [-0.15, -0.1) is 0 Å². The van der Waals surface area contributed by atoms with Crippen molar-refractivity contribution in [1.29, 1.82) is 0 Å². The van der Waals surface area contributed by atoms with Crippen LogP contribution in [0.15, 0.2) is 39.8 Å². The summed E-state index contributed by atoms with van der Waals surface area (Å²) in [7, 11) is -1.26. The molecule has 0 saturated heterocycles. The normalized spacial score (nSPS) is 15.0. The Balaban J connectivity index is 1.83. The van der Waals surface area contributed by atoms with Crippen LogP contribution < -0.4 is 0 Å². The van der Waals surface area contributed by atoms with Crippen molar-refractivity contribution in [3.8, 4) is 0 Å². The lowest BCUT2D eigenvalue weighted by molar-refractivity contribution is 0.0661. The highest BCUT2D eigenvalue weighted by atomic mass is 32.2. The number of carbonyl (C=O) groups is 1. The molecule has 0 fully saturated rings. The maximum absolute atomic E-state index is 12.4. The fraction of sp³-hybridized carbons (Fsp3) is 0.267. The van der Waals surface area contributed by atoms with Crippen LogP contribution in [-0.2, 0) is 29.4 Å². The summed E-state index contributed by atoms with van der Waals surface area (Å²) >= 11 is 0. The lowest BCUT2D eigenvalue weighted by atomic mass is 10.1. The van der Waals surface area contributed by atoms with E-state index in [1.807, 2.05) is 18.2 Å². The molecular weight excluding hydrogens is 276 g/mol. The number of carboxylic acids is 1. The molecule has 1 unspecified atom stereocenters. The van der Waals surface area contributed by atoms with Crippen molar-refractivity contribution in [3.05, 3.63) is 53.0 Å². The molecule has 1 aliphatic carbocycles. The average Bonchev–Trinajstić information content (AvgIpc) is 3.05. The molecule has 0 amide bonds. The molecule has 0 saturated carbocycles. The van der Waals surface area contributed by atoms with Crippen molar-refractivity contribution in [1.82, 2.24) is 0 Å². The zero-order valence-corrected chi connectivity index (χ0v) is 11.6. The highest BCUT2D eigenvalue weighted by Crippen LogP contribution is 2.25. The molecule has 5 heteroatoms. The Labute approximate surface area is 118 Å². The maximum atomic E-state index is 12.4. The van der Waals surface area contributed by atoms with Crippen molar-refractivity contribution < 1.29 is 18.5 Å². The van der Waals surface area contributed by atoms with E-state index >= 15 is 0 Å². The van der Waals surface area contributed by atoms with Crippen molar-refractivity contribution in [3.63, 3.8) is 0 Å². The zero-order valence-electron chi connectivity index (χ0n) is 10.8. The average molecular weight is 290 g/mol. The second-order valence-corrected chi connectivity index (χ2v) is 6.31. The number of aryl methyl sites for hydroxylation is 2. The first-order valence-corrected chi connectivity index (χ1v) is 7.77. The van der Waals surface area contributed by atoms with Crippen molar-refractivity contribution >= 4 is 16.8 Å². The Kier molecular flexibility index (Phi) is 3.44. The molecule has 4 nitrogen and oxygen atoms in total. The monoisotopic (exact) mass is 290 g/mol. The van der Waals surface area contributed by atoms with Crippen LogP contribution in [-0.4, -0.2) is 15.3 Å². The summed E-state index contributed by atoms with van der Waals surface area (Å²) in [4.78, 5) is 11.7. The van der Waals surface area contributed by atoms with Gasteiger partial charge in [-0.25, -0.2) is 4.79 Å². The molecule has 1 aromatic heterocycles. The quantitative estimate of drug-likeness (QED) is 0.940. The second kappa shape index (κ2) is 5.25. The molecule has 0 bridgehead atoms. The third-order valence-electron chi connectivity index (χ3n) is 3.56. The maximum Gasteiger partial charge on any atom is 0.372 e. The van der Waals surface area contributed by atoms with Gasteiger partial charge in [0.15, 0.2) is 0 Å². The highest BCUT2D eigenvalue weighted by molar-refractivity contribution is 7.84. The van der Waals surface area contributed by atoms with E-state index in [0.717, 1.165) is 24.2 Å². The van der Waals surface area contributed by atoms with Crippen LogP contribution in [0.2, 0.25) is 0 Å². The number of furan rings is 1. The van der Waals surface area contributed by atoms with Crippen molar-refractivity contribution in [2.45, 2.75) is 29.9 Å². The van der Waals surface area contributed by atoms with Gasteiger partial charge in [0.25, 0.3) is 0 Å². The van der Waals surface area contributed by atoms with Gasteiger partial charge in [-0.05, 0) is 48.6 Å². The number of fused-ring (bicyclic) bond motifs is 1. The van der Waals surface area contributed by atoms with E-state index in [0.29, 0.717) is 5.56 Å². The summed E-state index contributed by atoms with van der Waals surface area (Å²) in [5, 5.41) is 8.97. The topological polar surface area (TPSA) is 67.5 Å². The van der Waals surface area contributed by atoms with E-state index in [4.69, 9.17) is 9.52 Å². The molecule has 1 aliphatic rings. The number of hydrogen-bond acceptors (Lipinski definition) is 3. The lowest BCUT2D eigenvalue weighted by Crippen LogP contribution is -2.03. The van der Waals surface area contributed by atoms with Gasteiger partial charge >= 0.3 is 5.97 Å². The summed E-state index contributed by atoms with van der Waals surface area (Å²) in [6.45, 7) is 0. The second-order valence-electron chi connectivity index (χ2n) is 4.85. The first-order valence-electron chi connectivity index (χ1n) is 6.45. The summed E-state index contributed by atoms with van der Waals surface area (Å²) in [5.41, 5.74) is 3.07. The molecule has 3 rings (SSSR count). The molecule has 1 heterocycles. The standard InChI is InChI=1S/C15H14O4S/c16-15(17)14-12(6-7-19-14)9-20(18)13-5-4-10-2-1-3-11(10)8-13/h4-8H,1-3,9H2,(H,16,17). The Morgan fingerprint density at radius 3 is 2.85 bits per heavy atom. The van der Waals surface area contributed by atoms with E-state index < -0.39 is 16.8 Å². The first-order chi connectivity index (χ1) is 9.65. The third kappa shape index (κ3) is 2.41. The van der Waals surface area contributed by atoms with Crippen LogP contribution in [0.1, 0.15) is 33.7 Å². The van der Waals surface area contributed by atoms with Gasteiger partial charge in [0, 0.05) is 10.5 Å². The van der Waals surface area contributed by atoms with Crippen LogP contribution in [0, 0.1) is 0 Å². The predicted octanol–water partition coefficient (Wildman–Crippen LogP) is 2.77. The molecule has 0 aliphatic heterocycles. The zero-order chi connectivity index (χ0) is 14.1. The smallest absolute Gasteiger partial charge is 0.372 e. The molecule has 2 aromatic rings. The number of carboxylic acid groups (broad SMARTS) is 1. The van der Waals surface area contributed by atoms with Gasteiger partial charge in [-0.3, -0.25) is 4.21 Å². The SMILES string of the molecule is O=C(O)c1occc1CS(=O)c1ccc2c(c1)CCC2. The largest absolute Gasteiger partial charge is 0.475 e. The molecular formula is C15H14O4S. The summed E-state index contributed by atoms with van der Waals surface area (Å²) in [6.07, 6.45) is 4.59. The van der Waals surface area contributed by atoms with Crippen molar-refractivity contribution in [2.24, 2.45) is 0 Å². The van der Waals surface area contributed by atoms with Crippen LogP contribution >= 0.6 is 0 Å². The van der Waals surface area contributed by atoms with E-state index in [1.165, 1.54) is 17.4 Å². The summed E-state index contributed by atoms with van der Waals surface area (Å²) < 4.78 is 17.3. The fourth-order valence-electron chi connectivity index (χ4n) is 2.55. The van der Waals surface area contributed by atoms with Crippen LogP contribution in [0.25, 0.3) is 0 Å². The molecule has 1 atom stereocenters. The number of aromatic carboxylic acids is 1. The third-order valence-corrected chi connectivity index (χ3v) is 4.91. The minimum absolute atomic E-state index is 0.125. The molecule has 1 aromatic carbocycles. The minimum Gasteiger partial charge on any atom is -0.475 e. The van der Waals surface area contributed by atoms with Gasteiger partial charge < -0.3 is 9.52 Å². The lowest BCUT2D eigenvalue weighted by Gasteiger charge is -2.05. The van der Waals surface area contributed by atoms with Gasteiger partial charge in [-0.2, -0.15) is 0 Å². The van der Waals surface area contributed by atoms with Crippen molar-refractivity contribution in [2.75, 3.05) is 0 Å². The minimum atomic E-state index is -1.26. The number of rotatable bonds is 4. The van der Waals surface area contributed by atoms with Gasteiger partial charge in [0.2, 0.25) is 5.76 Å². The van der Waals surface area contributed by atoms with Crippen LogP contribution in [0.4, 0.5) is 0 Å². The molecule has 104 valence electrons. The van der Waals surface area contributed by atoms with Gasteiger partial charge in [-0.1, -0.05) is 6.07 Å². The van der Waals surface area contributed by atoms with Gasteiger partial charge in [0.05, 0.1) is 22.8 Å². The summed E-state index contributed by atoms with van der Waals surface area (Å²) in [6, 6.07) is 7.46. The molecule has 0 spiro atoms. The Morgan fingerprint density at radius 1 is 1.25 bits per heavy atom. The molecule has 20 heavy (non-hydrogen) atoms. The fourth-order valence-corrected chi connectivity index (χ4v) is 3.72. The first kappa shape index (κ1) is 13.1. The van der Waals surface area contributed by atoms with E-state index in [-0.39, 0.29) is 11.5 Å². The van der Waals surface area contributed by atoms with Crippen LogP contribution in [0.5, 0.6) is 0 Å². The highest BCUT2D eigenvalue weighted by Gasteiger charge is 2.18. The van der Waals surface area contributed by atoms with E-state index in [9.17, 15) is 9.00 Å². The number of hydrogen-bond donors (Lipinski definition) is 1. The van der Waals surface area contributed by atoms with Gasteiger partial charge in [0.1, 0.15) is 0 Å². The Hall–Kier alpha value is -1.88. The van der Waals surface area contributed by atoms with E-state index in [1.54, 1.807) is 6.07 Å². The van der Waals surface area contributed by atoms with Crippen LogP contribution in [0.3, 0.4) is 0 Å². The molecule has 0 radical (unpaired) electrons.